The third-order valence-electron chi connectivity index (χ3n) is 3.05. The Morgan fingerprint density at radius 1 is 1.58 bits per heavy atom. The van der Waals surface area contributed by atoms with Gasteiger partial charge in [-0.1, -0.05) is 12.2 Å². The maximum absolute atomic E-state index is 10.7. The molecule has 0 N–H and O–H groups in total. The number of hydrogen-bond acceptors (Lipinski definition) is 2. The fourth-order valence-electron chi connectivity index (χ4n) is 2.50. The summed E-state index contributed by atoms with van der Waals surface area (Å²) in [6, 6.07) is 0. The first-order valence-electron chi connectivity index (χ1n) is 4.51. The molecule has 0 aromatic rings. The highest BCUT2D eigenvalue weighted by molar-refractivity contribution is 5.66. The SMILES string of the molecule is C=C1C[C@@H]2C[C@H]1C[C@H]2OC(C)=O. The van der Waals surface area contributed by atoms with Crippen LogP contribution in [0.4, 0.5) is 0 Å². The predicted octanol–water partition coefficient (Wildman–Crippen LogP) is 1.90. The molecule has 2 rings (SSSR count). The highest BCUT2D eigenvalue weighted by Gasteiger charge is 2.43. The Hall–Kier alpha value is -0.790. The van der Waals surface area contributed by atoms with Crippen LogP contribution in [-0.4, -0.2) is 12.1 Å². The van der Waals surface area contributed by atoms with Crippen LogP contribution in [0.2, 0.25) is 0 Å². The minimum absolute atomic E-state index is 0.141. The van der Waals surface area contributed by atoms with Gasteiger partial charge in [0, 0.05) is 12.8 Å². The lowest BCUT2D eigenvalue weighted by Crippen LogP contribution is -2.23. The molecule has 2 saturated carbocycles. The van der Waals surface area contributed by atoms with E-state index in [-0.39, 0.29) is 12.1 Å². The molecule has 0 radical (unpaired) electrons. The van der Waals surface area contributed by atoms with Crippen LogP contribution in [0.1, 0.15) is 26.2 Å². The molecule has 12 heavy (non-hydrogen) atoms. The molecule has 3 atom stereocenters. The van der Waals surface area contributed by atoms with E-state index in [1.54, 1.807) is 0 Å². The Bertz CT molecular complexity index is 232. The van der Waals surface area contributed by atoms with Gasteiger partial charge in [0.25, 0.3) is 0 Å². The second kappa shape index (κ2) is 2.61. The zero-order valence-electron chi connectivity index (χ0n) is 7.38. The van der Waals surface area contributed by atoms with E-state index in [9.17, 15) is 4.79 Å². The fraction of sp³-hybridized carbons (Fsp3) is 0.700. The molecule has 2 fully saturated rings. The van der Waals surface area contributed by atoms with E-state index in [2.05, 4.69) is 6.58 Å². The van der Waals surface area contributed by atoms with E-state index in [1.165, 1.54) is 18.9 Å². The van der Waals surface area contributed by atoms with Gasteiger partial charge in [0.15, 0.2) is 0 Å². The van der Waals surface area contributed by atoms with Crippen molar-refractivity contribution in [1.29, 1.82) is 0 Å². The van der Waals surface area contributed by atoms with Crippen molar-refractivity contribution in [3.63, 3.8) is 0 Å². The number of carbonyl (C=O) groups excluding carboxylic acids is 1. The summed E-state index contributed by atoms with van der Waals surface area (Å²) in [5, 5.41) is 0. The number of rotatable bonds is 1. The molecular weight excluding hydrogens is 152 g/mol. The van der Waals surface area contributed by atoms with Crippen molar-refractivity contribution in [1.82, 2.24) is 0 Å². The van der Waals surface area contributed by atoms with Crippen molar-refractivity contribution >= 4 is 5.97 Å². The molecule has 2 bridgehead atoms. The van der Waals surface area contributed by atoms with Gasteiger partial charge >= 0.3 is 5.97 Å². The Balaban J connectivity index is 1.98. The Labute approximate surface area is 72.6 Å². The first-order chi connectivity index (χ1) is 5.66. The maximum atomic E-state index is 10.7. The first kappa shape index (κ1) is 7.84. The van der Waals surface area contributed by atoms with Crippen LogP contribution in [0, 0.1) is 11.8 Å². The molecule has 0 aromatic carbocycles. The number of hydrogen-bond donors (Lipinski definition) is 0. The van der Waals surface area contributed by atoms with Crippen molar-refractivity contribution in [3.8, 4) is 0 Å². The largest absolute Gasteiger partial charge is 0.462 e. The highest BCUT2D eigenvalue weighted by Crippen LogP contribution is 2.48. The van der Waals surface area contributed by atoms with Crippen molar-refractivity contribution in [3.05, 3.63) is 12.2 Å². The summed E-state index contributed by atoms with van der Waals surface area (Å²) in [6.45, 7) is 5.50. The van der Waals surface area contributed by atoms with Crippen molar-refractivity contribution in [2.75, 3.05) is 0 Å². The molecule has 2 nitrogen and oxygen atoms in total. The lowest BCUT2D eigenvalue weighted by Gasteiger charge is -2.22. The minimum Gasteiger partial charge on any atom is -0.462 e. The first-order valence-corrected chi connectivity index (χ1v) is 4.51. The molecule has 0 heterocycles. The van der Waals surface area contributed by atoms with Gasteiger partial charge in [-0.15, -0.1) is 0 Å². The number of carbonyl (C=O) groups is 1. The lowest BCUT2D eigenvalue weighted by atomic mass is 9.94. The van der Waals surface area contributed by atoms with Gasteiger partial charge in [0.05, 0.1) is 0 Å². The molecule has 2 aliphatic rings. The second-order valence-electron chi connectivity index (χ2n) is 3.94. The summed E-state index contributed by atoms with van der Waals surface area (Å²) in [6.07, 6.45) is 3.47. The lowest BCUT2D eigenvalue weighted by molar-refractivity contribution is -0.148. The van der Waals surface area contributed by atoms with Crippen LogP contribution in [0.15, 0.2) is 12.2 Å². The van der Waals surface area contributed by atoms with Gasteiger partial charge < -0.3 is 4.74 Å². The van der Waals surface area contributed by atoms with Crippen LogP contribution in [0.3, 0.4) is 0 Å². The molecule has 2 aliphatic carbocycles. The predicted molar refractivity (Wildman–Crippen MR) is 45.5 cm³/mol. The Kier molecular flexibility index (Phi) is 1.71. The van der Waals surface area contributed by atoms with E-state index in [4.69, 9.17) is 4.74 Å². The van der Waals surface area contributed by atoms with Gasteiger partial charge in [0.2, 0.25) is 0 Å². The molecular formula is C10H14O2. The van der Waals surface area contributed by atoms with Gasteiger partial charge in [0.1, 0.15) is 6.10 Å². The van der Waals surface area contributed by atoms with Gasteiger partial charge in [-0.3, -0.25) is 4.79 Å². The monoisotopic (exact) mass is 166 g/mol. The third kappa shape index (κ3) is 1.15. The van der Waals surface area contributed by atoms with Crippen LogP contribution in [0.25, 0.3) is 0 Å². The summed E-state index contributed by atoms with van der Waals surface area (Å²) in [4.78, 5) is 10.7. The highest BCUT2D eigenvalue weighted by atomic mass is 16.5. The molecule has 2 heteroatoms. The van der Waals surface area contributed by atoms with E-state index in [0.29, 0.717) is 11.8 Å². The fourth-order valence-corrected chi connectivity index (χ4v) is 2.50. The molecule has 0 saturated heterocycles. The summed E-state index contributed by atoms with van der Waals surface area (Å²) < 4.78 is 5.21. The molecule has 0 aliphatic heterocycles. The topological polar surface area (TPSA) is 26.3 Å². The van der Waals surface area contributed by atoms with Gasteiger partial charge in [-0.2, -0.15) is 0 Å². The van der Waals surface area contributed by atoms with E-state index in [0.717, 1.165) is 12.8 Å². The van der Waals surface area contributed by atoms with Crippen LogP contribution >= 0.6 is 0 Å². The molecule has 0 aromatic heterocycles. The normalized spacial score (nSPS) is 38.8. The summed E-state index contributed by atoms with van der Waals surface area (Å²) >= 11 is 0. The van der Waals surface area contributed by atoms with Crippen molar-refractivity contribution < 1.29 is 9.53 Å². The Morgan fingerprint density at radius 3 is 2.75 bits per heavy atom. The minimum atomic E-state index is -0.141. The smallest absolute Gasteiger partial charge is 0.302 e. The van der Waals surface area contributed by atoms with E-state index < -0.39 is 0 Å². The second-order valence-corrected chi connectivity index (χ2v) is 3.94. The quantitative estimate of drug-likeness (QED) is 0.439. The van der Waals surface area contributed by atoms with Crippen molar-refractivity contribution in [2.45, 2.75) is 32.3 Å². The summed E-state index contributed by atoms with van der Waals surface area (Å²) in [5.74, 6) is 1.07. The average molecular weight is 166 g/mol. The molecule has 0 unspecified atom stereocenters. The van der Waals surface area contributed by atoms with Gasteiger partial charge in [-0.25, -0.2) is 0 Å². The Morgan fingerprint density at radius 2 is 2.33 bits per heavy atom. The van der Waals surface area contributed by atoms with Gasteiger partial charge in [-0.05, 0) is 25.2 Å². The van der Waals surface area contributed by atoms with Crippen molar-refractivity contribution in [2.24, 2.45) is 11.8 Å². The zero-order chi connectivity index (χ0) is 8.72. The summed E-state index contributed by atoms with van der Waals surface area (Å²) in [7, 11) is 0. The van der Waals surface area contributed by atoms with Crippen LogP contribution in [-0.2, 0) is 9.53 Å². The third-order valence-corrected chi connectivity index (χ3v) is 3.05. The number of allylic oxidation sites excluding steroid dienone is 1. The zero-order valence-corrected chi connectivity index (χ0v) is 7.38. The summed E-state index contributed by atoms with van der Waals surface area (Å²) in [5.41, 5.74) is 1.36. The average Bonchev–Trinajstić information content (AvgIpc) is 2.44. The van der Waals surface area contributed by atoms with E-state index in [1.807, 2.05) is 0 Å². The van der Waals surface area contributed by atoms with Crippen LogP contribution in [0.5, 0.6) is 0 Å². The number of esters is 1. The molecule has 0 spiro atoms. The molecule has 66 valence electrons. The number of ether oxygens (including phenoxy) is 1. The van der Waals surface area contributed by atoms with Crippen LogP contribution < -0.4 is 0 Å². The van der Waals surface area contributed by atoms with E-state index >= 15 is 0 Å². The standard InChI is InChI=1S/C10H14O2/c1-6-3-9-4-8(6)5-10(9)12-7(2)11/h8-10H,1,3-5H2,2H3/t8-,9+,10+/m0/s1. The maximum Gasteiger partial charge on any atom is 0.302 e. The molecule has 0 amide bonds. The number of fused-ring (bicyclic) bond motifs is 2.